The molecule has 140 valence electrons. The number of fused-ring (bicyclic) bond motifs is 1. The van der Waals surface area contributed by atoms with Gasteiger partial charge in [0.1, 0.15) is 11.6 Å². The predicted octanol–water partition coefficient (Wildman–Crippen LogP) is 0.622. The normalized spacial score (nSPS) is 24.6. The molecule has 0 aromatic heterocycles. The van der Waals surface area contributed by atoms with E-state index in [0.717, 1.165) is 5.01 Å². The molecule has 2 aliphatic rings. The highest BCUT2D eigenvalue weighted by Gasteiger charge is 2.55. The summed E-state index contributed by atoms with van der Waals surface area (Å²) in [6, 6.07) is -1.37. The Morgan fingerprint density at radius 1 is 1.24 bits per heavy atom. The highest BCUT2D eigenvalue weighted by atomic mass is 16.6. The SMILES string of the molecule is CC(C)(C)OC(=O)N[C@H]1CN2C(C(C)(C)C)C(N)=C(C(=O)O)N2C1=O. The van der Waals surface area contributed by atoms with Gasteiger partial charge in [-0.15, -0.1) is 0 Å². The number of rotatable bonds is 2. The quantitative estimate of drug-likeness (QED) is 0.664. The molecule has 1 unspecified atom stereocenters. The van der Waals surface area contributed by atoms with E-state index in [1.54, 1.807) is 25.8 Å². The first-order valence-electron chi connectivity index (χ1n) is 8.07. The summed E-state index contributed by atoms with van der Waals surface area (Å²) in [5.41, 5.74) is 4.83. The largest absolute Gasteiger partial charge is 0.476 e. The molecule has 0 spiro atoms. The minimum atomic E-state index is -1.28. The molecule has 2 rings (SSSR count). The Labute approximate surface area is 146 Å². The molecule has 9 nitrogen and oxygen atoms in total. The summed E-state index contributed by atoms with van der Waals surface area (Å²) >= 11 is 0. The molecular formula is C16H26N4O5. The first-order valence-corrected chi connectivity index (χ1v) is 8.07. The van der Waals surface area contributed by atoms with Crippen molar-refractivity contribution < 1.29 is 24.2 Å². The van der Waals surface area contributed by atoms with Crippen LogP contribution in [0.3, 0.4) is 0 Å². The fourth-order valence-corrected chi connectivity index (χ4v) is 3.18. The van der Waals surface area contributed by atoms with E-state index < -0.39 is 41.1 Å². The van der Waals surface area contributed by atoms with E-state index in [-0.39, 0.29) is 17.9 Å². The van der Waals surface area contributed by atoms with Crippen LogP contribution >= 0.6 is 0 Å². The van der Waals surface area contributed by atoms with Crippen LogP contribution in [0.1, 0.15) is 41.5 Å². The second-order valence-corrected chi connectivity index (χ2v) is 8.35. The van der Waals surface area contributed by atoms with Crippen molar-refractivity contribution in [3.8, 4) is 0 Å². The highest BCUT2D eigenvalue weighted by Crippen LogP contribution is 2.40. The highest BCUT2D eigenvalue weighted by molar-refractivity contribution is 5.98. The lowest BCUT2D eigenvalue weighted by molar-refractivity contribution is -0.145. The summed E-state index contributed by atoms with van der Waals surface area (Å²) in [4.78, 5) is 36.3. The van der Waals surface area contributed by atoms with Gasteiger partial charge in [0.05, 0.1) is 11.7 Å². The Morgan fingerprint density at radius 3 is 2.24 bits per heavy atom. The molecule has 1 fully saturated rings. The van der Waals surface area contributed by atoms with E-state index >= 15 is 0 Å². The molecule has 0 aliphatic carbocycles. The standard InChI is InChI=1S/C16H26N4O5/c1-15(2,3)11-9(17)10(13(22)23)20-12(21)8(7-19(11)20)18-14(24)25-16(4,5)6/h8,11H,7,17H2,1-6H3,(H,18,24)(H,22,23)/t8-,11?/m0/s1. The van der Waals surface area contributed by atoms with Crippen molar-refractivity contribution in [3.63, 3.8) is 0 Å². The van der Waals surface area contributed by atoms with Crippen LogP contribution in [0.15, 0.2) is 11.4 Å². The molecule has 0 aromatic rings. The van der Waals surface area contributed by atoms with Crippen molar-refractivity contribution in [1.29, 1.82) is 0 Å². The number of amides is 2. The van der Waals surface area contributed by atoms with E-state index in [9.17, 15) is 19.5 Å². The van der Waals surface area contributed by atoms with Crippen LogP contribution in [0, 0.1) is 5.41 Å². The van der Waals surface area contributed by atoms with Gasteiger partial charge in [0, 0.05) is 6.54 Å². The maximum atomic E-state index is 12.7. The molecule has 9 heteroatoms. The number of hydrogen-bond acceptors (Lipinski definition) is 6. The van der Waals surface area contributed by atoms with Crippen molar-refractivity contribution in [1.82, 2.24) is 15.3 Å². The van der Waals surface area contributed by atoms with Gasteiger partial charge >= 0.3 is 12.1 Å². The Hall–Kier alpha value is -2.29. The molecule has 2 heterocycles. The molecule has 0 saturated carbocycles. The summed E-state index contributed by atoms with van der Waals surface area (Å²) in [6.45, 7) is 11.0. The number of nitrogens with zero attached hydrogens (tertiary/aromatic N) is 2. The number of ether oxygens (including phenoxy) is 1. The zero-order valence-corrected chi connectivity index (χ0v) is 15.4. The summed E-state index contributed by atoms with van der Waals surface area (Å²) in [6.07, 6.45) is -0.727. The molecule has 0 bridgehead atoms. The molecule has 4 N–H and O–H groups in total. The number of carbonyl (C=O) groups is 3. The number of alkyl carbamates (subject to hydrolysis) is 1. The molecule has 1 saturated heterocycles. The van der Waals surface area contributed by atoms with Gasteiger partial charge in [-0.1, -0.05) is 20.8 Å². The van der Waals surface area contributed by atoms with Gasteiger partial charge < -0.3 is 20.9 Å². The lowest BCUT2D eigenvalue weighted by Gasteiger charge is -2.35. The first-order chi connectivity index (χ1) is 11.2. The molecule has 0 aromatic carbocycles. The van der Waals surface area contributed by atoms with Crippen LogP contribution in [-0.2, 0) is 14.3 Å². The van der Waals surface area contributed by atoms with Gasteiger partial charge in [-0.25, -0.2) is 19.6 Å². The zero-order valence-electron chi connectivity index (χ0n) is 15.4. The number of hydrazine groups is 1. The van der Waals surface area contributed by atoms with E-state index in [2.05, 4.69) is 5.32 Å². The minimum absolute atomic E-state index is 0.123. The van der Waals surface area contributed by atoms with Crippen LogP contribution in [0.25, 0.3) is 0 Å². The van der Waals surface area contributed by atoms with Crippen LogP contribution in [-0.4, -0.2) is 57.3 Å². The van der Waals surface area contributed by atoms with Crippen LogP contribution in [0.5, 0.6) is 0 Å². The molecule has 2 amide bonds. The average molecular weight is 354 g/mol. The second-order valence-electron chi connectivity index (χ2n) is 8.35. The van der Waals surface area contributed by atoms with Gasteiger partial charge in [-0.2, -0.15) is 0 Å². The van der Waals surface area contributed by atoms with Crippen molar-refractivity contribution in [3.05, 3.63) is 11.4 Å². The maximum Gasteiger partial charge on any atom is 0.408 e. The number of nitrogens with one attached hydrogen (secondary N) is 1. The zero-order chi connectivity index (χ0) is 19.3. The third-order valence-electron chi connectivity index (χ3n) is 3.93. The van der Waals surface area contributed by atoms with E-state index in [1.165, 1.54) is 0 Å². The van der Waals surface area contributed by atoms with Gasteiger partial charge in [0.15, 0.2) is 5.70 Å². The van der Waals surface area contributed by atoms with E-state index in [1.807, 2.05) is 20.8 Å². The monoisotopic (exact) mass is 354 g/mol. The average Bonchev–Trinajstić information content (AvgIpc) is 2.80. The van der Waals surface area contributed by atoms with Gasteiger partial charge in [0.25, 0.3) is 5.91 Å². The van der Waals surface area contributed by atoms with Gasteiger partial charge in [-0.3, -0.25) is 4.79 Å². The molecular weight excluding hydrogens is 328 g/mol. The summed E-state index contributed by atoms with van der Waals surface area (Å²) in [7, 11) is 0. The number of aliphatic carboxylic acids is 1. The molecule has 0 radical (unpaired) electrons. The maximum absolute atomic E-state index is 12.7. The molecule has 2 aliphatic heterocycles. The number of hydrogen-bond donors (Lipinski definition) is 3. The van der Waals surface area contributed by atoms with Crippen molar-refractivity contribution >= 4 is 18.0 Å². The van der Waals surface area contributed by atoms with Crippen molar-refractivity contribution in [2.24, 2.45) is 11.1 Å². The summed E-state index contributed by atoms with van der Waals surface area (Å²) in [5, 5.41) is 14.7. The summed E-state index contributed by atoms with van der Waals surface area (Å²) < 4.78 is 5.17. The lowest BCUT2D eigenvalue weighted by Crippen LogP contribution is -2.47. The van der Waals surface area contributed by atoms with Crippen LogP contribution in [0.4, 0.5) is 4.79 Å². The van der Waals surface area contributed by atoms with E-state index in [0.29, 0.717) is 0 Å². The van der Waals surface area contributed by atoms with Crippen molar-refractivity contribution in [2.45, 2.75) is 59.2 Å². The van der Waals surface area contributed by atoms with Crippen LogP contribution in [0.2, 0.25) is 0 Å². The third kappa shape index (κ3) is 3.55. The van der Waals surface area contributed by atoms with Crippen molar-refractivity contribution in [2.75, 3.05) is 6.54 Å². The summed E-state index contributed by atoms with van der Waals surface area (Å²) in [5.74, 6) is -1.82. The third-order valence-corrected chi connectivity index (χ3v) is 3.93. The fourth-order valence-electron chi connectivity index (χ4n) is 3.18. The number of carboxylic acid groups (broad SMARTS) is 1. The number of nitrogens with two attached hydrogens (primary N) is 1. The van der Waals surface area contributed by atoms with E-state index in [4.69, 9.17) is 10.5 Å². The van der Waals surface area contributed by atoms with Crippen LogP contribution < -0.4 is 11.1 Å². The lowest BCUT2D eigenvalue weighted by atomic mass is 9.84. The molecule has 2 atom stereocenters. The first kappa shape index (κ1) is 19.0. The van der Waals surface area contributed by atoms with Gasteiger partial charge in [-0.05, 0) is 26.2 Å². The van der Waals surface area contributed by atoms with Gasteiger partial charge in [0.2, 0.25) is 0 Å². The smallest absolute Gasteiger partial charge is 0.408 e. The topological polar surface area (TPSA) is 125 Å². The number of carboxylic acids is 1. The fraction of sp³-hybridized carbons (Fsp3) is 0.688. The molecule has 25 heavy (non-hydrogen) atoms. The minimum Gasteiger partial charge on any atom is -0.476 e. The number of carbonyl (C=O) groups excluding carboxylic acids is 2. The Bertz CT molecular complexity index is 644. The Balaban J connectivity index is 2.28. The second kappa shape index (κ2) is 5.91. The predicted molar refractivity (Wildman–Crippen MR) is 88.8 cm³/mol. The Kier molecular flexibility index (Phi) is 4.50. The Morgan fingerprint density at radius 2 is 1.80 bits per heavy atom.